The highest BCUT2D eigenvalue weighted by Gasteiger charge is 2.23. The number of nitrogens with two attached hydrogens (primary N) is 1. The fraction of sp³-hybridized carbons (Fsp3) is 0.923. The monoisotopic (exact) mass is 243 g/mol. The Labute approximate surface area is 106 Å². The van der Waals surface area contributed by atoms with Gasteiger partial charge in [0, 0.05) is 19.6 Å². The van der Waals surface area contributed by atoms with E-state index in [1.165, 1.54) is 0 Å². The van der Waals surface area contributed by atoms with E-state index >= 15 is 0 Å². The van der Waals surface area contributed by atoms with Gasteiger partial charge in [-0.3, -0.25) is 4.79 Å². The quantitative estimate of drug-likeness (QED) is 0.703. The summed E-state index contributed by atoms with van der Waals surface area (Å²) in [7, 11) is 2.04. The number of carbonyl (C=O) groups is 1. The lowest BCUT2D eigenvalue weighted by atomic mass is 9.84. The van der Waals surface area contributed by atoms with Gasteiger partial charge in [-0.15, -0.1) is 0 Å². The molecule has 0 bridgehead atoms. The third-order valence-electron chi connectivity index (χ3n) is 2.85. The summed E-state index contributed by atoms with van der Waals surface area (Å²) in [6, 6.07) is 0. The molecular formula is C13H29N3O. The van der Waals surface area contributed by atoms with Crippen molar-refractivity contribution >= 4 is 5.91 Å². The first-order valence-corrected chi connectivity index (χ1v) is 6.46. The van der Waals surface area contributed by atoms with Gasteiger partial charge in [-0.05, 0) is 25.4 Å². The minimum Gasteiger partial charge on any atom is -0.355 e. The molecule has 17 heavy (non-hydrogen) atoms. The van der Waals surface area contributed by atoms with Crippen LogP contribution in [0.15, 0.2) is 0 Å². The van der Waals surface area contributed by atoms with E-state index in [0.29, 0.717) is 13.1 Å². The van der Waals surface area contributed by atoms with Gasteiger partial charge in [0.05, 0.1) is 5.92 Å². The van der Waals surface area contributed by atoms with Gasteiger partial charge in [-0.1, -0.05) is 27.7 Å². The van der Waals surface area contributed by atoms with Gasteiger partial charge < -0.3 is 16.0 Å². The van der Waals surface area contributed by atoms with Crippen molar-refractivity contribution in [2.24, 2.45) is 17.1 Å². The van der Waals surface area contributed by atoms with Crippen molar-refractivity contribution in [1.29, 1.82) is 0 Å². The first kappa shape index (κ1) is 16.4. The number of carbonyl (C=O) groups excluding carboxylic acids is 1. The standard InChI is InChI=1S/C13H29N3O/c1-6-16(5)8-7-15-12(17)11(10-14)9-13(2,3)4/h11H,6-10,14H2,1-5H3,(H,15,17). The lowest BCUT2D eigenvalue weighted by Crippen LogP contribution is -2.40. The maximum absolute atomic E-state index is 11.9. The first-order valence-electron chi connectivity index (χ1n) is 6.46. The largest absolute Gasteiger partial charge is 0.355 e. The summed E-state index contributed by atoms with van der Waals surface area (Å²) in [5.41, 5.74) is 5.81. The summed E-state index contributed by atoms with van der Waals surface area (Å²) >= 11 is 0. The zero-order valence-corrected chi connectivity index (χ0v) is 12.0. The minimum absolute atomic E-state index is 0.0677. The van der Waals surface area contributed by atoms with Crippen LogP contribution in [0.5, 0.6) is 0 Å². The van der Waals surface area contributed by atoms with Crippen LogP contribution in [0.2, 0.25) is 0 Å². The molecule has 0 saturated carbocycles. The molecule has 4 nitrogen and oxygen atoms in total. The van der Waals surface area contributed by atoms with Crippen LogP contribution < -0.4 is 11.1 Å². The van der Waals surface area contributed by atoms with E-state index in [-0.39, 0.29) is 17.2 Å². The summed E-state index contributed by atoms with van der Waals surface area (Å²) in [5.74, 6) is 0.0221. The molecule has 4 heteroatoms. The van der Waals surface area contributed by atoms with E-state index in [9.17, 15) is 4.79 Å². The highest BCUT2D eigenvalue weighted by molar-refractivity contribution is 5.78. The number of hydrogen-bond donors (Lipinski definition) is 2. The van der Waals surface area contributed by atoms with Gasteiger partial charge in [-0.2, -0.15) is 0 Å². The number of rotatable bonds is 7. The van der Waals surface area contributed by atoms with Crippen molar-refractivity contribution in [3.05, 3.63) is 0 Å². The Hall–Kier alpha value is -0.610. The zero-order chi connectivity index (χ0) is 13.5. The Kier molecular flexibility index (Phi) is 7.39. The molecule has 0 aromatic rings. The molecule has 1 atom stereocenters. The van der Waals surface area contributed by atoms with Crippen molar-refractivity contribution in [2.45, 2.75) is 34.1 Å². The molecular weight excluding hydrogens is 214 g/mol. The van der Waals surface area contributed by atoms with E-state index in [1.54, 1.807) is 0 Å². The predicted octanol–water partition coefficient (Wildman–Crippen LogP) is 1.07. The van der Waals surface area contributed by atoms with E-state index < -0.39 is 0 Å². The minimum atomic E-state index is -0.0677. The van der Waals surface area contributed by atoms with Crippen LogP contribution in [0.1, 0.15) is 34.1 Å². The zero-order valence-electron chi connectivity index (χ0n) is 12.0. The lowest BCUT2D eigenvalue weighted by Gasteiger charge is -2.24. The Morgan fingerprint density at radius 3 is 2.41 bits per heavy atom. The van der Waals surface area contributed by atoms with Crippen molar-refractivity contribution < 1.29 is 4.79 Å². The molecule has 1 amide bonds. The van der Waals surface area contributed by atoms with Crippen LogP contribution in [-0.4, -0.2) is 44.0 Å². The molecule has 3 N–H and O–H groups in total. The van der Waals surface area contributed by atoms with E-state index in [2.05, 4.69) is 37.9 Å². The smallest absolute Gasteiger partial charge is 0.224 e. The second kappa shape index (κ2) is 7.67. The molecule has 0 aliphatic carbocycles. The van der Waals surface area contributed by atoms with E-state index in [4.69, 9.17) is 5.73 Å². The first-order chi connectivity index (χ1) is 7.80. The Morgan fingerprint density at radius 1 is 1.41 bits per heavy atom. The summed E-state index contributed by atoms with van der Waals surface area (Å²) < 4.78 is 0. The summed E-state index contributed by atoms with van der Waals surface area (Å²) in [6.07, 6.45) is 0.832. The Morgan fingerprint density at radius 2 is 2.00 bits per heavy atom. The molecule has 0 heterocycles. The third-order valence-corrected chi connectivity index (χ3v) is 2.85. The molecule has 0 radical (unpaired) electrons. The molecule has 0 saturated heterocycles. The number of nitrogens with zero attached hydrogens (tertiary/aromatic N) is 1. The molecule has 0 aromatic heterocycles. The highest BCUT2D eigenvalue weighted by atomic mass is 16.1. The average Bonchev–Trinajstić information content (AvgIpc) is 2.24. The van der Waals surface area contributed by atoms with Crippen molar-refractivity contribution in [2.75, 3.05) is 33.2 Å². The van der Waals surface area contributed by atoms with Gasteiger partial charge in [-0.25, -0.2) is 0 Å². The summed E-state index contributed by atoms with van der Waals surface area (Å²) in [6.45, 7) is 11.5. The molecule has 0 rings (SSSR count). The Bertz CT molecular complexity index is 223. The molecule has 102 valence electrons. The molecule has 0 spiro atoms. The predicted molar refractivity (Wildman–Crippen MR) is 72.8 cm³/mol. The third kappa shape index (κ3) is 8.16. The fourth-order valence-electron chi connectivity index (χ4n) is 1.69. The van der Waals surface area contributed by atoms with Crippen LogP contribution in [-0.2, 0) is 4.79 Å². The van der Waals surface area contributed by atoms with E-state index in [1.807, 2.05) is 7.05 Å². The molecule has 0 aliphatic heterocycles. The number of nitrogens with one attached hydrogen (secondary N) is 1. The summed E-state index contributed by atoms with van der Waals surface area (Å²) in [5, 5.41) is 2.96. The number of hydrogen-bond acceptors (Lipinski definition) is 3. The number of likely N-dealkylation sites (N-methyl/N-ethyl adjacent to an activating group) is 1. The van der Waals surface area contributed by atoms with Gasteiger partial charge in [0.25, 0.3) is 0 Å². The van der Waals surface area contributed by atoms with Crippen LogP contribution in [0.4, 0.5) is 0 Å². The van der Waals surface area contributed by atoms with Gasteiger partial charge >= 0.3 is 0 Å². The number of amides is 1. The molecule has 1 unspecified atom stereocenters. The van der Waals surface area contributed by atoms with Gasteiger partial charge in [0.15, 0.2) is 0 Å². The van der Waals surface area contributed by atoms with E-state index in [0.717, 1.165) is 19.5 Å². The van der Waals surface area contributed by atoms with Crippen LogP contribution in [0.25, 0.3) is 0 Å². The highest BCUT2D eigenvalue weighted by Crippen LogP contribution is 2.23. The van der Waals surface area contributed by atoms with Crippen molar-refractivity contribution in [3.8, 4) is 0 Å². The van der Waals surface area contributed by atoms with Crippen LogP contribution in [0.3, 0.4) is 0 Å². The lowest BCUT2D eigenvalue weighted by molar-refractivity contribution is -0.125. The van der Waals surface area contributed by atoms with Gasteiger partial charge in [0.2, 0.25) is 5.91 Å². The molecule has 0 fully saturated rings. The second-order valence-electron chi connectivity index (χ2n) is 5.88. The fourth-order valence-corrected chi connectivity index (χ4v) is 1.69. The second-order valence-corrected chi connectivity index (χ2v) is 5.88. The normalized spacial score (nSPS) is 13.8. The average molecular weight is 243 g/mol. The molecule has 0 aromatic carbocycles. The molecule has 0 aliphatic rings. The Balaban J connectivity index is 4.01. The summed E-state index contributed by atoms with van der Waals surface area (Å²) in [4.78, 5) is 14.1. The van der Waals surface area contributed by atoms with Gasteiger partial charge in [0.1, 0.15) is 0 Å². The van der Waals surface area contributed by atoms with Crippen molar-refractivity contribution in [3.63, 3.8) is 0 Å². The maximum atomic E-state index is 11.9. The van der Waals surface area contributed by atoms with Crippen LogP contribution in [0, 0.1) is 11.3 Å². The topological polar surface area (TPSA) is 58.4 Å². The SMILES string of the molecule is CCN(C)CCNC(=O)C(CN)CC(C)(C)C. The van der Waals surface area contributed by atoms with Crippen LogP contribution >= 0.6 is 0 Å². The maximum Gasteiger partial charge on any atom is 0.224 e. The van der Waals surface area contributed by atoms with Crippen molar-refractivity contribution in [1.82, 2.24) is 10.2 Å².